The van der Waals surface area contributed by atoms with Gasteiger partial charge in [0.2, 0.25) is 0 Å². The SMILES string of the molecule is CC(O)(CN)CCCCOc1cc(F)cc(F)c1. The van der Waals surface area contributed by atoms with Crippen LogP contribution in [0.4, 0.5) is 8.78 Å². The lowest BCUT2D eigenvalue weighted by atomic mass is 10.00. The topological polar surface area (TPSA) is 55.5 Å². The second kappa shape index (κ2) is 6.66. The van der Waals surface area contributed by atoms with Crippen molar-refractivity contribution in [1.29, 1.82) is 0 Å². The highest BCUT2D eigenvalue weighted by Gasteiger charge is 2.16. The summed E-state index contributed by atoms with van der Waals surface area (Å²) in [6.45, 7) is 2.24. The minimum atomic E-state index is -0.856. The summed E-state index contributed by atoms with van der Waals surface area (Å²) in [5.74, 6) is -1.13. The van der Waals surface area contributed by atoms with E-state index in [4.69, 9.17) is 10.5 Å². The third kappa shape index (κ3) is 5.42. The van der Waals surface area contributed by atoms with E-state index in [0.717, 1.165) is 24.6 Å². The summed E-state index contributed by atoms with van der Waals surface area (Å²) in [6.07, 6.45) is 2.00. The van der Waals surface area contributed by atoms with E-state index >= 15 is 0 Å². The number of rotatable bonds is 7. The Labute approximate surface area is 106 Å². The van der Waals surface area contributed by atoms with Gasteiger partial charge < -0.3 is 15.6 Å². The van der Waals surface area contributed by atoms with Crippen molar-refractivity contribution in [3.63, 3.8) is 0 Å². The number of unbranched alkanes of at least 4 members (excludes halogenated alkanes) is 1. The molecule has 18 heavy (non-hydrogen) atoms. The first kappa shape index (κ1) is 14.9. The van der Waals surface area contributed by atoms with Crippen molar-refractivity contribution >= 4 is 0 Å². The van der Waals surface area contributed by atoms with E-state index in [1.807, 2.05) is 0 Å². The van der Waals surface area contributed by atoms with Crippen molar-refractivity contribution in [2.24, 2.45) is 5.73 Å². The fraction of sp³-hybridized carbons (Fsp3) is 0.538. The summed E-state index contributed by atoms with van der Waals surface area (Å²) in [7, 11) is 0. The lowest BCUT2D eigenvalue weighted by molar-refractivity contribution is 0.0562. The molecule has 0 aromatic heterocycles. The first-order chi connectivity index (χ1) is 8.43. The lowest BCUT2D eigenvalue weighted by Gasteiger charge is -2.20. The fourth-order valence-electron chi connectivity index (χ4n) is 1.51. The van der Waals surface area contributed by atoms with Gasteiger partial charge in [-0.1, -0.05) is 0 Å². The number of halogens is 2. The lowest BCUT2D eigenvalue weighted by Crippen LogP contribution is -2.33. The number of aliphatic hydroxyl groups is 1. The number of hydrogen-bond donors (Lipinski definition) is 2. The molecule has 0 saturated carbocycles. The van der Waals surface area contributed by atoms with Gasteiger partial charge in [-0.15, -0.1) is 0 Å². The van der Waals surface area contributed by atoms with Gasteiger partial charge >= 0.3 is 0 Å². The Balaban J connectivity index is 2.26. The molecule has 102 valence electrons. The minimum absolute atomic E-state index is 0.179. The van der Waals surface area contributed by atoms with Gasteiger partial charge in [-0.3, -0.25) is 0 Å². The van der Waals surface area contributed by atoms with Crippen LogP contribution < -0.4 is 10.5 Å². The highest BCUT2D eigenvalue weighted by Crippen LogP contribution is 2.16. The first-order valence-corrected chi connectivity index (χ1v) is 5.94. The molecule has 0 saturated heterocycles. The first-order valence-electron chi connectivity index (χ1n) is 5.94. The molecule has 1 aromatic carbocycles. The highest BCUT2D eigenvalue weighted by molar-refractivity contribution is 5.23. The van der Waals surface area contributed by atoms with Crippen LogP contribution in [0.25, 0.3) is 0 Å². The van der Waals surface area contributed by atoms with Crippen LogP contribution in [0.3, 0.4) is 0 Å². The van der Waals surface area contributed by atoms with Crippen molar-refractivity contribution in [1.82, 2.24) is 0 Å². The second-order valence-electron chi connectivity index (χ2n) is 4.61. The van der Waals surface area contributed by atoms with Gasteiger partial charge in [-0.25, -0.2) is 8.78 Å². The fourth-order valence-corrected chi connectivity index (χ4v) is 1.51. The number of benzene rings is 1. The van der Waals surface area contributed by atoms with Crippen LogP contribution >= 0.6 is 0 Å². The smallest absolute Gasteiger partial charge is 0.129 e. The largest absolute Gasteiger partial charge is 0.493 e. The minimum Gasteiger partial charge on any atom is -0.493 e. The molecule has 0 aliphatic heterocycles. The van der Waals surface area contributed by atoms with Gasteiger partial charge in [0.1, 0.15) is 17.4 Å². The van der Waals surface area contributed by atoms with Crippen LogP contribution in [0.2, 0.25) is 0 Å². The predicted molar refractivity (Wildman–Crippen MR) is 65.4 cm³/mol. The molecular weight excluding hydrogens is 240 g/mol. The Morgan fingerprint density at radius 3 is 2.39 bits per heavy atom. The van der Waals surface area contributed by atoms with Gasteiger partial charge in [0.25, 0.3) is 0 Å². The molecule has 0 bridgehead atoms. The zero-order valence-electron chi connectivity index (χ0n) is 10.5. The second-order valence-corrected chi connectivity index (χ2v) is 4.61. The van der Waals surface area contributed by atoms with Crippen LogP contribution in [0, 0.1) is 11.6 Å². The molecule has 0 aliphatic rings. The van der Waals surface area contributed by atoms with E-state index in [-0.39, 0.29) is 12.3 Å². The van der Waals surface area contributed by atoms with Crippen LogP contribution in [0.5, 0.6) is 5.75 Å². The standard InChI is InChI=1S/C13H19F2NO2/c1-13(17,9-16)4-2-3-5-18-12-7-10(14)6-11(15)8-12/h6-8,17H,2-5,9,16H2,1H3. The van der Waals surface area contributed by atoms with Crippen molar-refractivity contribution < 1.29 is 18.6 Å². The van der Waals surface area contributed by atoms with E-state index in [0.29, 0.717) is 19.4 Å². The highest BCUT2D eigenvalue weighted by atomic mass is 19.1. The molecule has 1 atom stereocenters. The molecule has 1 aromatic rings. The Morgan fingerprint density at radius 1 is 1.22 bits per heavy atom. The molecule has 5 heteroatoms. The summed E-state index contributed by atoms with van der Waals surface area (Å²) in [4.78, 5) is 0. The number of nitrogens with two attached hydrogens (primary N) is 1. The number of ether oxygens (including phenoxy) is 1. The molecule has 3 nitrogen and oxygen atoms in total. The molecule has 0 fully saturated rings. The zero-order chi connectivity index (χ0) is 13.6. The molecule has 0 spiro atoms. The third-order valence-electron chi connectivity index (χ3n) is 2.65. The monoisotopic (exact) mass is 259 g/mol. The molecule has 1 unspecified atom stereocenters. The van der Waals surface area contributed by atoms with Gasteiger partial charge in [-0.2, -0.15) is 0 Å². The van der Waals surface area contributed by atoms with Crippen LogP contribution in [0.15, 0.2) is 18.2 Å². The Kier molecular flexibility index (Phi) is 5.50. The van der Waals surface area contributed by atoms with Crippen LogP contribution in [-0.4, -0.2) is 23.9 Å². The van der Waals surface area contributed by atoms with Crippen molar-refractivity contribution in [2.75, 3.05) is 13.2 Å². The summed E-state index contributed by atoms with van der Waals surface area (Å²) in [5.41, 5.74) is 4.52. The number of hydrogen-bond acceptors (Lipinski definition) is 3. The average molecular weight is 259 g/mol. The quantitative estimate of drug-likeness (QED) is 0.738. The maximum absolute atomic E-state index is 12.8. The summed E-state index contributed by atoms with van der Waals surface area (Å²) in [5, 5.41) is 9.65. The van der Waals surface area contributed by atoms with Crippen molar-refractivity contribution in [3.8, 4) is 5.75 Å². The maximum atomic E-state index is 12.8. The third-order valence-corrected chi connectivity index (χ3v) is 2.65. The normalized spacial score (nSPS) is 14.3. The Hall–Kier alpha value is -1.20. The van der Waals surface area contributed by atoms with Gasteiger partial charge in [0.05, 0.1) is 12.2 Å². The van der Waals surface area contributed by atoms with E-state index in [1.165, 1.54) is 0 Å². The van der Waals surface area contributed by atoms with Crippen molar-refractivity contribution in [3.05, 3.63) is 29.8 Å². The predicted octanol–water partition coefficient (Wildman–Crippen LogP) is 2.22. The molecule has 0 radical (unpaired) electrons. The zero-order valence-corrected chi connectivity index (χ0v) is 10.5. The maximum Gasteiger partial charge on any atom is 0.129 e. The van der Waals surface area contributed by atoms with Gasteiger partial charge in [0.15, 0.2) is 0 Å². The summed E-state index contributed by atoms with van der Waals surface area (Å²) in [6, 6.07) is 3.07. The average Bonchev–Trinajstić information content (AvgIpc) is 2.27. The molecule has 0 heterocycles. The summed E-state index contributed by atoms with van der Waals surface area (Å²) < 4.78 is 30.9. The molecular formula is C13H19F2NO2. The molecule has 3 N–H and O–H groups in total. The van der Waals surface area contributed by atoms with E-state index in [2.05, 4.69) is 0 Å². The molecule has 1 rings (SSSR count). The van der Waals surface area contributed by atoms with Crippen LogP contribution in [-0.2, 0) is 0 Å². The van der Waals surface area contributed by atoms with E-state index in [1.54, 1.807) is 6.92 Å². The van der Waals surface area contributed by atoms with Gasteiger partial charge in [0, 0.05) is 24.7 Å². The Morgan fingerprint density at radius 2 is 1.83 bits per heavy atom. The van der Waals surface area contributed by atoms with Gasteiger partial charge in [-0.05, 0) is 26.2 Å². The van der Waals surface area contributed by atoms with E-state index in [9.17, 15) is 13.9 Å². The van der Waals surface area contributed by atoms with E-state index < -0.39 is 17.2 Å². The van der Waals surface area contributed by atoms with Crippen molar-refractivity contribution in [2.45, 2.75) is 31.8 Å². The van der Waals surface area contributed by atoms with Crippen LogP contribution in [0.1, 0.15) is 26.2 Å². The molecule has 0 amide bonds. The summed E-state index contributed by atoms with van der Waals surface area (Å²) >= 11 is 0. The molecule has 0 aliphatic carbocycles. The Bertz CT molecular complexity index is 363.